The van der Waals surface area contributed by atoms with Crippen molar-refractivity contribution < 1.29 is 13.5 Å². The van der Waals surface area contributed by atoms with Crippen molar-refractivity contribution in [1.82, 2.24) is 5.32 Å². The molecule has 6 heteroatoms. The molecule has 0 aliphatic heterocycles. The van der Waals surface area contributed by atoms with E-state index in [2.05, 4.69) is 29.0 Å². The summed E-state index contributed by atoms with van der Waals surface area (Å²) < 4.78 is 30.6. The summed E-state index contributed by atoms with van der Waals surface area (Å²) >= 11 is 0. The lowest BCUT2D eigenvalue weighted by molar-refractivity contribution is 0.189. The number of nitrogens with one attached hydrogen (secondary N) is 1. The van der Waals surface area contributed by atoms with E-state index in [4.69, 9.17) is 10.5 Å². The zero-order valence-corrected chi connectivity index (χ0v) is 18.2. The highest BCUT2D eigenvalue weighted by molar-refractivity contribution is 5.77. The lowest BCUT2D eigenvalue weighted by Gasteiger charge is -2.19. The first-order valence-corrected chi connectivity index (χ1v) is 9.98. The Morgan fingerprint density at radius 3 is 2.59 bits per heavy atom. The van der Waals surface area contributed by atoms with Crippen molar-refractivity contribution in [3.8, 4) is 0 Å². The molecule has 0 heterocycles. The zero-order valence-electron chi connectivity index (χ0n) is 18.2. The maximum atomic E-state index is 12.8. The van der Waals surface area contributed by atoms with Gasteiger partial charge in [0.2, 0.25) is 0 Å². The van der Waals surface area contributed by atoms with Gasteiger partial charge in [0.25, 0.3) is 6.43 Å². The second-order valence-corrected chi connectivity index (χ2v) is 6.65. The number of methoxy groups -OCH3 is 1. The van der Waals surface area contributed by atoms with Crippen molar-refractivity contribution in [2.45, 2.75) is 40.0 Å². The molecule has 0 saturated carbocycles. The number of ether oxygens (including phenoxy) is 1. The SMILES string of the molecule is C=CC(C/C=C(\C)C(F)F)CC(C=CCN=C(N)NCC)C(/C=C\COC)=C/C. The van der Waals surface area contributed by atoms with Gasteiger partial charge in [0.1, 0.15) is 0 Å². The van der Waals surface area contributed by atoms with Gasteiger partial charge >= 0.3 is 0 Å². The summed E-state index contributed by atoms with van der Waals surface area (Å²) in [4.78, 5) is 4.25. The molecule has 2 atom stereocenters. The summed E-state index contributed by atoms with van der Waals surface area (Å²) in [5, 5.41) is 2.96. The van der Waals surface area contributed by atoms with Crippen LogP contribution in [-0.2, 0) is 4.74 Å². The number of nitrogens with zero attached hydrogens (tertiary/aromatic N) is 1. The molecular formula is C23H37F2N3O. The number of rotatable bonds is 14. The summed E-state index contributed by atoms with van der Waals surface area (Å²) in [6.07, 6.45) is 12.4. The highest BCUT2D eigenvalue weighted by atomic mass is 19.3. The molecule has 3 N–H and O–H groups in total. The number of allylic oxidation sites excluding steroid dienone is 7. The molecule has 29 heavy (non-hydrogen) atoms. The van der Waals surface area contributed by atoms with E-state index in [0.717, 1.165) is 18.5 Å². The summed E-state index contributed by atoms with van der Waals surface area (Å²) in [5.41, 5.74) is 6.98. The summed E-state index contributed by atoms with van der Waals surface area (Å²) in [6.45, 7) is 11.0. The fraction of sp³-hybridized carbons (Fsp3) is 0.522. The van der Waals surface area contributed by atoms with Gasteiger partial charge < -0.3 is 15.8 Å². The van der Waals surface area contributed by atoms with Crippen LogP contribution < -0.4 is 11.1 Å². The van der Waals surface area contributed by atoms with Crippen LogP contribution >= 0.6 is 0 Å². The second-order valence-electron chi connectivity index (χ2n) is 6.65. The first kappa shape index (κ1) is 26.8. The third-order valence-electron chi connectivity index (χ3n) is 4.40. The highest BCUT2D eigenvalue weighted by Gasteiger charge is 2.15. The van der Waals surface area contributed by atoms with Crippen molar-refractivity contribution in [3.05, 3.63) is 60.3 Å². The minimum atomic E-state index is -2.42. The van der Waals surface area contributed by atoms with Gasteiger partial charge in [-0.3, -0.25) is 0 Å². The van der Waals surface area contributed by atoms with E-state index in [9.17, 15) is 8.78 Å². The van der Waals surface area contributed by atoms with Gasteiger partial charge in [0, 0.05) is 19.6 Å². The molecule has 0 saturated heterocycles. The molecule has 0 aromatic rings. The Morgan fingerprint density at radius 1 is 1.31 bits per heavy atom. The van der Waals surface area contributed by atoms with Crippen LogP contribution in [-0.4, -0.2) is 39.2 Å². The Balaban J connectivity index is 5.35. The van der Waals surface area contributed by atoms with E-state index in [1.165, 1.54) is 6.92 Å². The molecule has 0 bridgehead atoms. The molecule has 0 fully saturated rings. The number of guanidine groups is 1. The van der Waals surface area contributed by atoms with Gasteiger partial charge in [-0.15, -0.1) is 6.58 Å². The Labute approximate surface area is 175 Å². The Kier molecular flexibility index (Phi) is 15.4. The molecule has 4 nitrogen and oxygen atoms in total. The largest absolute Gasteiger partial charge is 0.381 e. The topological polar surface area (TPSA) is 59.6 Å². The van der Waals surface area contributed by atoms with Gasteiger partial charge in [0.05, 0.1) is 13.2 Å². The zero-order chi connectivity index (χ0) is 22.1. The van der Waals surface area contributed by atoms with Crippen LogP contribution in [0.4, 0.5) is 8.78 Å². The van der Waals surface area contributed by atoms with E-state index in [1.807, 2.05) is 38.2 Å². The van der Waals surface area contributed by atoms with Crippen LogP contribution in [0.15, 0.2) is 65.2 Å². The molecule has 0 aromatic carbocycles. The number of alkyl halides is 2. The molecule has 164 valence electrons. The monoisotopic (exact) mass is 409 g/mol. The van der Waals surface area contributed by atoms with E-state index in [1.54, 1.807) is 13.2 Å². The molecular weight excluding hydrogens is 372 g/mol. The fourth-order valence-corrected chi connectivity index (χ4v) is 2.69. The van der Waals surface area contributed by atoms with Crippen molar-refractivity contribution in [2.75, 3.05) is 26.8 Å². The quantitative estimate of drug-likeness (QED) is 0.183. The maximum Gasteiger partial charge on any atom is 0.259 e. The smallest absolute Gasteiger partial charge is 0.259 e. The van der Waals surface area contributed by atoms with E-state index < -0.39 is 6.43 Å². The summed E-state index contributed by atoms with van der Waals surface area (Å²) in [7, 11) is 1.65. The van der Waals surface area contributed by atoms with Gasteiger partial charge in [-0.25, -0.2) is 13.8 Å². The first-order valence-electron chi connectivity index (χ1n) is 9.98. The standard InChI is InChI=1S/C23H37F2N3O/c1-6-19(14-13-18(4)22(24)25)17-21(20(7-2)12-10-16-29-5)11-9-15-28-23(26)27-8-3/h6-7,9-13,19,21-22H,1,8,14-17H2,2-5H3,(H3,26,27,28)/b11-9?,12-10-,18-13+,20-7+. The third kappa shape index (κ3) is 12.8. The molecule has 0 aliphatic rings. The molecule has 0 radical (unpaired) electrons. The van der Waals surface area contributed by atoms with Gasteiger partial charge in [-0.1, -0.05) is 42.5 Å². The number of halogens is 2. The maximum absolute atomic E-state index is 12.8. The minimum Gasteiger partial charge on any atom is -0.381 e. The average Bonchev–Trinajstić information content (AvgIpc) is 2.70. The Bertz CT molecular complexity index is 607. The normalized spacial score (nSPS) is 16.0. The average molecular weight is 410 g/mol. The highest BCUT2D eigenvalue weighted by Crippen LogP contribution is 2.27. The first-order chi connectivity index (χ1) is 13.9. The van der Waals surface area contributed by atoms with Crippen molar-refractivity contribution in [1.29, 1.82) is 0 Å². The van der Waals surface area contributed by atoms with Gasteiger partial charge in [-0.05, 0) is 50.7 Å². The van der Waals surface area contributed by atoms with Crippen LogP contribution in [0.3, 0.4) is 0 Å². The van der Waals surface area contributed by atoms with Crippen LogP contribution in [0.25, 0.3) is 0 Å². The van der Waals surface area contributed by atoms with Crippen LogP contribution in [0.5, 0.6) is 0 Å². The number of hydrogen-bond donors (Lipinski definition) is 2. The molecule has 0 aromatic heterocycles. The predicted molar refractivity (Wildman–Crippen MR) is 120 cm³/mol. The van der Waals surface area contributed by atoms with Crippen LogP contribution in [0, 0.1) is 11.8 Å². The van der Waals surface area contributed by atoms with E-state index in [-0.39, 0.29) is 17.4 Å². The van der Waals surface area contributed by atoms with E-state index in [0.29, 0.717) is 25.5 Å². The number of nitrogens with two attached hydrogens (primary N) is 1. The van der Waals surface area contributed by atoms with Crippen molar-refractivity contribution >= 4 is 5.96 Å². The molecule has 0 amide bonds. The fourth-order valence-electron chi connectivity index (χ4n) is 2.69. The van der Waals surface area contributed by atoms with Crippen molar-refractivity contribution in [2.24, 2.45) is 22.6 Å². The van der Waals surface area contributed by atoms with Crippen LogP contribution in [0.1, 0.15) is 33.6 Å². The molecule has 2 unspecified atom stereocenters. The Hall–Kier alpha value is -2.21. The minimum absolute atomic E-state index is 0.0828. The lowest BCUT2D eigenvalue weighted by atomic mass is 9.86. The van der Waals surface area contributed by atoms with Gasteiger partial charge in [-0.2, -0.15) is 0 Å². The summed E-state index contributed by atoms with van der Waals surface area (Å²) in [6, 6.07) is 0. The lowest BCUT2D eigenvalue weighted by Crippen LogP contribution is -2.31. The van der Waals surface area contributed by atoms with Crippen molar-refractivity contribution in [3.63, 3.8) is 0 Å². The number of hydrogen-bond acceptors (Lipinski definition) is 2. The number of aliphatic imine (C=N–C) groups is 1. The second kappa shape index (κ2) is 16.7. The Morgan fingerprint density at radius 2 is 2.03 bits per heavy atom. The summed E-state index contributed by atoms with van der Waals surface area (Å²) in [5.74, 6) is 0.600. The van der Waals surface area contributed by atoms with E-state index >= 15 is 0 Å². The molecule has 0 rings (SSSR count). The third-order valence-corrected chi connectivity index (χ3v) is 4.40. The molecule has 0 aliphatic carbocycles. The van der Waals surface area contributed by atoms with Crippen LogP contribution in [0.2, 0.25) is 0 Å². The molecule has 0 spiro atoms. The van der Waals surface area contributed by atoms with Gasteiger partial charge in [0.15, 0.2) is 5.96 Å². The predicted octanol–water partition coefficient (Wildman–Crippen LogP) is 5.03.